The minimum atomic E-state index is -0.123. The van der Waals surface area contributed by atoms with Crippen molar-refractivity contribution in [3.05, 3.63) is 18.5 Å². The molecule has 0 aliphatic carbocycles. The van der Waals surface area contributed by atoms with E-state index in [-0.39, 0.29) is 6.04 Å². The number of nitrogens with one attached hydrogen (secondary N) is 1. The van der Waals surface area contributed by atoms with E-state index in [1.54, 1.807) is 6.08 Å². The number of aromatic nitrogens is 3. The average molecular weight is 209 g/mol. The van der Waals surface area contributed by atoms with E-state index >= 15 is 0 Å². The van der Waals surface area contributed by atoms with Gasteiger partial charge in [0.25, 0.3) is 0 Å². The molecule has 0 spiro atoms. The van der Waals surface area contributed by atoms with Crippen LogP contribution in [0, 0.1) is 0 Å². The van der Waals surface area contributed by atoms with Crippen molar-refractivity contribution in [2.24, 2.45) is 5.73 Å². The predicted molar refractivity (Wildman–Crippen MR) is 61.6 cm³/mol. The zero-order valence-electron chi connectivity index (χ0n) is 9.40. The van der Waals surface area contributed by atoms with Gasteiger partial charge in [-0.2, -0.15) is 0 Å². The molecule has 1 heterocycles. The Kier molecular flexibility index (Phi) is 4.30. The summed E-state index contributed by atoms with van der Waals surface area (Å²) in [6, 6.07) is -0.123. The van der Waals surface area contributed by atoms with Gasteiger partial charge in [-0.3, -0.25) is 4.57 Å². The Morgan fingerprint density at radius 1 is 1.53 bits per heavy atom. The smallest absolute Gasteiger partial charge is 0.224 e. The van der Waals surface area contributed by atoms with Crippen LogP contribution in [0.4, 0.5) is 5.95 Å². The molecule has 1 atom stereocenters. The molecule has 0 amide bonds. The lowest BCUT2D eigenvalue weighted by molar-refractivity contribution is 0.609. The maximum atomic E-state index is 5.97. The molecule has 0 saturated carbocycles. The van der Waals surface area contributed by atoms with Crippen LogP contribution in [0.2, 0.25) is 0 Å². The zero-order valence-corrected chi connectivity index (χ0v) is 9.40. The maximum Gasteiger partial charge on any atom is 0.224 e. The number of nitrogens with zero attached hydrogens (tertiary/aromatic N) is 3. The van der Waals surface area contributed by atoms with Crippen molar-refractivity contribution in [3.63, 3.8) is 0 Å². The highest BCUT2D eigenvalue weighted by Gasteiger charge is 2.15. The molecule has 1 unspecified atom stereocenters. The minimum Gasteiger partial charge on any atom is -0.355 e. The van der Waals surface area contributed by atoms with E-state index in [0.717, 1.165) is 24.9 Å². The summed E-state index contributed by atoms with van der Waals surface area (Å²) in [7, 11) is 0. The number of hydrogen-bond donors (Lipinski definition) is 2. The summed E-state index contributed by atoms with van der Waals surface area (Å²) in [4.78, 5) is 0. The molecule has 1 aromatic rings. The molecule has 0 radical (unpaired) electrons. The molecule has 1 rings (SSSR count). The zero-order chi connectivity index (χ0) is 11.3. The fourth-order valence-electron chi connectivity index (χ4n) is 1.48. The van der Waals surface area contributed by atoms with Crippen LogP contribution in [0.3, 0.4) is 0 Å². The van der Waals surface area contributed by atoms with Crippen molar-refractivity contribution in [2.45, 2.75) is 32.9 Å². The second-order valence-corrected chi connectivity index (χ2v) is 3.29. The molecule has 5 heteroatoms. The molecule has 0 aromatic carbocycles. The van der Waals surface area contributed by atoms with Gasteiger partial charge in [0, 0.05) is 13.1 Å². The third kappa shape index (κ3) is 2.56. The van der Waals surface area contributed by atoms with Gasteiger partial charge in [-0.1, -0.05) is 6.08 Å². The molecule has 15 heavy (non-hydrogen) atoms. The van der Waals surface area contributed by atoms with Crippen LogP contribution in [-0.4, -0.2) is 21.3 Å². The lowest BCUT2D eigenvalue weighted by Crippen LogP contribution is -2.17. The van der Waals surface area contributed by atoms with Crippen molar-refractivity contribution < 1.29 is 0 Å². The fraction of sp³-hybridized carbons (Fsp3) is 0.600. The molecule has 0 aliphatic heterocycles. The van der Waals surface area contributed by atoms with Crippen LogP contribution in [0.25, 0.3) is 0 Å². The summed E-state index contributed by atoms with van der Waals surface area (Å²) in [6.45, 7) is 9.39. The lowest BCUT2D eigenvalue weighted by atomic mass is 10.2. The van der Waals surface area contributed by atoms with E-state index < -0.39 is 0 Å². The molecule has 0 aliphatic rings. The van der Waals surface area contributed by atoms with E-state index in [4.69, 9.17) is 5.73 Å². The van der Waals surface area contributed by atoms with Gasteiger partial charge in [-0.15, -0.1) is 16.8 Å². The SMILES string of the molecule is C=CCC(N)c1nnc(NCC)n1CC. The molecular formula is C10H19N5. The molecule has 5 nitrogen and oxygen atoms in total. The molecule has 0 saturated heterocycles. The van der Waals surface area contributed by atoms with Crippen molar-refractivity contribution in [2.75, 3.05) is 11.9 Å². The maximum absolute atomic E-state index is 5.97. The Morgan fingerprint density at radius 2 is 2.27 bits per heavy atom. The minimum absolute atomic E-state index is 0.123. The first-order valence-electron chi connectivity index (χ1n) is 5.28. The van der Waals surface area contributed by atoms with Crippen LogP contribution in [0.1, 0.15) is 32.1 Å². The predicted octanol–water partition coefficient (Wildman–Crippen LogP) is 1.31. The summed E-state index contributed by atoms with van der Waals surface area (Å²) in [6.07, 6.45) is 2.51. The number of anilines is 1. The Hall–Kier alpha value is -1.36. The van der Waals surface area contributed by atoms with Gasteiger partial charge >= 0.3 is 0 Å². The summed E-state index contributed by atoms with van der Waals surface area (Å²) in [5, 5.41) is 11.3. The molecule has 0 fully saturated rings. The first-order valence-corrected chi connectivity index (χ1v) is 5.28. The van der Waals surface area contributed by atoms with Crippen LogP contribution in [0.15, 0.2) is 12.7 Å². The summed E-state index contributed by atoms with van der Waals surface area (Å²) in [5.41, 5.74) is 5.97. The van der Waals surface area contributed by atoms with Gasteiger partial charge in [-0.25, -0.2) is 0 Å². The van der Waals surface area contributed by atoms with E-state index in [1.165, 1.54) is 0 Å². The van der Waals surface area contributed by atoms with E-state index in [2.05, 4.69) is 22.1 Å². The lowest BCUT2D eigenvalue weighted by Gasteiger charge is -2.11. The third-order valence-corrected chi connectivity index (χ3v) is 2.18. The third-order valence-electron chi connectivity index (χ3n) is 2.18. The van der Waals surface area contributed by atoms with E-state index in [9.17, 15) is 0 Å². The molecule has 1 aromatic heterocycles. The van der Waals surface area contributed by atoms with Gasteiger partial charge < -0.3 is 11.1 Å². The quantitative estimate of drug-likeness (QED) is 0.693. The van der Waals surface area contributed by atoms with Crippen molar-refractivity contribution in [1.29, 1.82) is 0 Å². The molecule has 3 N–H and O–H groups in total. The number of rotatable bonds is 6. The molecule has 84 valence electrons. The monoisotopic (exact) mass is 209 g/mol. The largest absolute Gasteiger partial charge is 0.355 e. The fourth-order valence-corrected chi connectivity index (χ4v) is 1.48. The Balaban J connectivity index is 2.92. The summed E-state index contributed by atoms with van der Waals surface area (Å²) >= 11 is 0. The van der Waals surface area contributed by atoms with E-state index in [0.29, 0.717) is 6.42 Å². The Bertz CT molecular complexity index is 318. The Labute approximate surface area is 90.4 Å². The van der Waals surface area contributed by atoms with Gasteiger partial charge in [-0.05, 0) is 20.3 Å². The number of nitrogens with two attached hydrogens (primary N) is 1. The number of hydrogen-bond acceptors (Lipinski definition) is 4. The van der Waals surface area contributed by atoms with Crippen LogP contribution < -0.4 is 11.1 Å². The van der Waals surface area contributed by atoms with Gasteiger partial charge in [0.15, 0.2) is 5.82 Å². The molecular weight excluding hydrogens is 190 g/mol. The first kappa shape index (κ1) is 11.7. The highest BCUT2D eigenvalue weighted by atomic mass is 15.4. The standard InChI is InChI=1S/C10H19N5/c1-4-7-8(11)9-13-14-10(12-5-2)15(9)6-3/h4,8H,1,5-7,11H2,2-3H3,(H,12,14). The average Bonchev–Trinajstić information content (AvgIpc) is 2.62. The highest BCUT2D eigenvalue weighted by Crippen LogP contribution is 2.16. The first-order chi connectivity index (χ1) is 7.24. The second kappa shape index (κ2) is 5.50. The van der Waals surface area contributed by atoms with Gasteiger partial charge in [0.1, 0.15) is 0 Å². The second-order valence-electron chi connectivity index (χ2n) is 3.29. The highest BCUT2D eigenvalue weighted by molar-refractivity contribution is 5.26. The van der Waals surface area contributed by atoms with Crippen molar-refractivity contribution in [3.8, 4) is 0 Å². The van der Waals surface area contributed by atoms with Crippen LogP contribution in [0.5, 0.6) is 0 Å². The summed E-state index contributed by atoms with van der Waals surface area (Å²) < 4.78 is 2.00. The summed E-state index contributed by atoms with van der Waals surface area (Å²) in [5.74, 6) is 1.60. The van der Waals surface area contributed by atoms with E-state index in [1.807, 2.05) is 18.4 Å². The normalized spacial score (nSPS) is 12.5. The topological polar surface area (TPSA) is 68.8 Å². The van der Waals surface area contributed by atoms with Gasteiger partial charge in [0.2, 0.25) is 5.95 Å². The van der Waals surface area contributed by atoms with Crippen molar-refractivity contribution in [1.82, 2.24) is 14.8 Å². The van der Waals surface area contributed by atoms with Crippen LogP contribution in [-0.2, 0) is 6.54 Å². The van der Waals surface area contributed by atoms with Crippen molar-refractivity contribution >= 4 is 5.95 Å². The van der Waals surface area contributed by atoms with Gasteiger partial charge in [0.05, 0.1) is 6.04 Å². The Morgan fingerprint density at radius 3 is 2.80 bits per heavy atom. The molecule has 0 bridgehead atoms. The van der Waals surface area contributed by atoms with Crippen LogP contribution >= 0.6 is 0 Å².